The van der Waals surface area contributed by atoms with Crippen LogP contribution in [0.2, 0.25) is 0 Å². The summed E-state index contributed by atoms with van der Waals surface area (Å²) in [5, 5.41) is 30.3. The van der Waals surface area contributed by atoms with Gasteiger partial charge in [-0.2, -0.15) is 10.2 Å². The molecule has 35 heavy (non-hydrogen) atoms. The normalized spacial score (nSPS) is 15.7. The molecule has 4 aromatic heterocycles. The third-order valence-corrected chi connectivity index (χ3v) is 5.62. The van der Waals surface area contributed by atoms with E-state index in [9.17, 15) is 5.11 Å². The number of morpholine rings is 1. The van der Waals surface area contributed by atoms with Gasteiger partial charge in [0.2, 0.25) is 5.88 Å². The molecule has 1 aliphatic heterocycles. The Hall–Kier alpha value is -4.34. The zero-order valence-corrected chi connectivity index (χ0v) is 19.2. The van der Waals surface area contributed by atoms with Crippen molar-refractivity contribution in [1.82, 2.24) is 29.7 Å². The van der Waals surface area contributed by atoms with Gasteiger partial charge >= 0.3 is 0 Å². The monoisotopic (exact) mass is 473 g/mol. The number of aromatic nitrogens is 6. The quantitative estimate of drug-likeness (QED) is 0.424. The molecule has 178 valence electrons. The fourth-order valence-corrected chi connectivity index (χ4v) is 3.78. The molecule has 0 spiro atoms. The summed E-state index contributed by atoms with van der Waals surface area (Å²) in [7, 11) is 1.85. The molecular weight excluding hydrogens is 450 g/mol. The van der Waals surface area contributed by atoms with Crippen LogP contribution in [-0.2, 0) is 11.8 Å². The summed E-state index contributed by atoms with van der Waals surface area (Å²) >= 11 is 0. The summed E-state index contributed by atoms with van der Waals surface area (Å²) in [6.07, 6.45) is 2.95. The Morgan fingerprint density at radius 2 is 2.17 bits per heavy atom. The van der Waals surface area contributed by atoms with Gasteiger partial charge in [0.15, 0.2) is 23.0 Å². The molecule has 2 N–H and O–H groups in total. The molecule has 0 aliphatic carbocycles. The number of imidazole rings is 1. The van der Waals surface area contributed by atoms with Gasteiger partial charge in [-0.05, 0) is 30.7 Å². The van der Waals surface area contributed by atoms with Crippen LogP contribution in [0.1, 0.15) is 11.3 Å². The average Bonchev–Trinajstić information content (AvgIpc) is 3.26. The summed E-state index contributed by atoms with van der Waals surface area (Å²) in [6, 6.07) is 9.11. The van der Waals surface area contributed by atoms with Gasteiger partial charge in [0.25, 0.3) is 0 Å². The van der Waals surface area contributed by atoms with Gasteiger partial charge in [-0.15, -0.1) is 10.2 Å². The maximum Gasteiger partial charge on any atom is 0.223 e. The molecule has 0 bridgehead atoms. The summed E-state index contributed by atoms with van der Waals surface area (Å²) in [6.45, 7) is 3.57. The number of pyridine rings is 2. The minimum absolute atomic E-state index is 0.0336. The van der Waals surface area contributed by atoms with Crippen LogP contribution in [0.4, 0.5) is 17.3 Å². The first kappa shape index (κ1) is 22.5. The van der Waals surface area contributed by atoms with Crippen LogP contribution < -0.4 is 15.0 Å². The lowest BCUT2D eigenvalue weighted by atomic mass is 10.2. The number of aliphatic hydroxyl groups excluding tert-OH is 1. The molecule has 12 heteroatoms. The highest BCUT2D eigenvalue weighted by Gasteiger charge is 2.21. The first-order valence-electron chi connectivity index (χ1n) is 11.0. The summed E-state index contributed by atoms with van der Waals surface area (Å²) in [5.41, 5.74) is 3.01. The molecule has 0 aromatic carbocycles. The van der Waals surface area contributed by atoms with E-state index in [1.54, 1.807) is 23.0 Å². The smallest absolute Gasteiger partial charge is 0.223 e. The molecule has 0 radical (unpaired) electrons. The second-order valence-electron chi connectivity index (χ2n) is 8.11. The standard InChI is InChI=1S/C23H23N9O3/c1-14-7-15(9-24)25-10-18(14)35-21-8-17(22-23(28-21)31(2)13-26-22)27-19-3-4-20(30-29-19)32-5-6-34-16(11-32)12-33/h3-4,7-8,10,13,16,33H,5-6,11-12H2,1-2H3,(H,27,28,29). The van der Waals surface area contributed by atoms with Gasteiger partial charge in [-0.1, -0.05) is 0 Å². The first-order chi connectivity index (χ1) is 17.0. The molecule has 12 nitrogen and oxygen atoms in total. The van der Waals surface area contributed by atoms with Crippen LogP contribution in [0, 0.1) is 18.3 Å². The summed E-state index contributed by atoms with van der Waals surface area (Å²) < 4.78 is 13.3. The van der Waals surface area contributed by atoms with Crippen molar-refractivity contribution in [2.24, 2.45) is 7.05 Å². The van der Waals surface area contributed by atoms with Gasteiger partial charge in [-0.3, -0.25) is 0 Å². The van der Waals surface area contributed by atoms with Crippen LogP contribution >= 0.6 is 0 Å². The fourth-order valence-electron chi connectivity index (χ4n) is 3.78. The lowest BCUT2D eigenvalue weighted by Crippen LogP contribution is -2.44. The molecule has 1 saturated heterocycles. The molecule has 4 aromatic rings. The van der Waals surface area contributed by atoms with E-state index in [-0.39, 0.29) is 12.7 Å². The average molecular weight is 473 g/mol. The van der Waals surface area contributed by atoms with Crippen LogP contribution in [-0.4, -0.2) is 67.2 Å². The third-order valence-electron chi connectivity index (χ3n) is 5.62. The van der Waals surface area contributed by atoms with Crippen molar-refractivity contribution in [1.29, 1.82) is 5.26 Å². The number of ether oxygens (including phenoxy) is 2. The summed E-state index contributed by atoms with van der Waals surface area (Å²) in [4.78, 5) is 15.1. The minimum atomic E-state index is -0.231. The zero-order valence-electron chi connectivity index (χ0n) is 19.2. The Balaban J connectivity index is 1.40. The van der Waals surface area contributed by atoms with Crippen LogP contribution in [0.3, 0.4) is 0 Å². The van der Waals surface area contributed by atoms with Crippen LogP contribution in [0.5, 0.6) is 11.6 Å². The molecule has 1 aliphatic rings. The Morgan fingerprint density at radius 3 is 2.91 bits per heavy atom. The SMILES string of the molecule is Cc1cc(C#N)ncc1Oc1cc(Nc2ccc(N3CCOC(CO)C3)nn2)c2ncn(C)c2n1. The maximum absolute atomic E-state index is 9.37. The lowest BCUT2D eigenvalue weighted by Gasteiger charge is -2.32. The molecule has 5 heterocycles. The molecule has 1 atom stereocenters. The Labute approximate surface area is 200 Å². The molecule has 5 rings (SSSR count). The van der Waals surface area contributed by atoms with E-state index in [0.29, 0.717) is 65.5 Å². The number of nitrogens with one attached hydrogen (secondary N) is 1. The van der Waals surface area contributed by atoms with E-state index >= 15 is 0 Å². The number of hydrogen-bond acceptors (Lipinski definition) is 11. The molecule has 0 saturated carbocycles. The predicted octanol–water partition coefficient (Wildman–Crippen LogP) is 2.07. The van der Waals surface area contributed by atoms with Gasteiger partial charge in [-0.25, -0.2) is 9.97 Å². The van der Waals surface area contributed by atoms with E-state index in [1.165, 1.54) is 6.20 Å². The number of anilines is 3. The van der Waals surface area contributed by atoms with Crippen molar-refractivity contribution in [3.63, 3.8) is 0 Å². The number of hydrogen-bond donors (Lipinski definition) is 2. The Bertz CT molecular complexity index is 1400. The van der Waals surface area contributed by atoms with Crippen molar-refractivity contribution in [3.8, 4) is 17.7 Å². The van der Waals surface area contributed by atoms with Crippen molar-refractivity contribution >= 4 is 28.5 Å². The Kier molecular flexibility index (Phi) is 6.09. The number of aryl methyl sites for hydroxylation is 2. The number of aliphatic hydroxyl groups is 1. The highest BCUT2D eigenvalue weighted by molar-refractivity contribution is 5.88. The van der Waals surface area contributed by atoms with E-state index in [4.69, 9.17) is 14.7 Å². The van der Waals surface area contributed by atoms with Crippen LogP contribution in [0.15, 0.2) is 36.8 Å². The number of nitriles is 1. The highest BCUT2D eigenvalue weighted by Crippen LogP contribution is 2.31. The highest BCUT2D eigenvalue weighted by atomic mass is 16.5. The predicted molar refractivity (Wildman–Crippen MR) is 127 cm³/mol. The largest absolute Gasteiger partial charge is 0.437 e. The van der Waals surface area contributed by atoms with Crippen molar-refractivity contribution in [2.45, 2.75) is 13.0 Å². The zero-order chi connectivity index (χ0) is 24.4. The van der Waals surface area contributed by atoms with E-state index < -0.39 is 0 Å². The van der Waals surface area contributed by atoms with Crippen molar-refractivity contribution in [2.75, 3.05) is 36.5 Å². The molecule has 1 unspecified atom stereocenters. The van der Waals surface area contributed by atoms with Crippen molar-refractivity contribution in [3.05, 3.63) is 48.0 Å². The van der Waals surface area contributed by atoms with Gasteiger partial charge in [0.05, 0.1) is 37.5 Å². The molecular formula is C23H23N9O3. The number of rotatable bonds is 6. The fraction of sp³-hybridized carbons (Fsp3) is 0.304. The van der Waals surface area contributed by atoms with Gasteiger partial charge < -0.3 is 29.4 Å². The van der Waals surface area contributed by atoms with Crippen molar-refractivity contribution < 1.29 is 14.6 Å². The summed E-state index contributed by atoms with van der Waals surface area (Å²) in [5.74, 6) is 2.08. The number of fused-ring (bicyclic) bond motifs is 1. The number of nitrogens with zero attached hydrogens (tertiary/aromatic N) is 8. The topological polar surface area (TPSA) is 147 Å². The lowest BCUT2D eigenvalue weighted by molar-refractivity contribution is 0.00332. The molecule has 1 fully saturated rings. The van der Waals surface area contributed by atoms with E-state index in [1.807, 2.05) is 37.1 Å². The second-order valence-corrected chi connectivity index (χ2v) is 8.11. The Morgan fingerprint density at radius 1 is 1.29 bits per heavy atom. The van der Waals surface area contributed by atoms with Crippen LogP contribution in [0.25, 0.3) is 11.2 Å². The first-order valence-corrected chi connectivity index (χ1v) is 11.0. The van der Waals surface area contributed by atoms with E-state index in [2.05, 4.69) is 30.5 Å². The van der Waals surface area contributed by atoms with Gasteiger partial charge in [0.1, 0.15) is 17.3 Å². The maximum atomic E-state index is 9.37. The van der Waals surface area contributed by atoms with Gasteiger partial charge in [0, 0.05) is 26.2 Å². The second kappa shape index (κ2) is 9.49. The molecule has 0 amide bonds. The van der Waals surface area contributed by atoms with E-state index in [0.717, 1.165) is 5.56 Å². The minimum Gasteiger partial charge on any atom is -0.437 e. The third kappa shape index (κ3) is 4.68.